The third-order valence-corrected chi connectivity index (χ3v) is 7.18. The molecule has 0 radical (unpaired) electrons. The Morgan fingerprint density at radius 2 is 1.83 bits per heavy atom. The van der Waals surface area contributed by atoms with Gasteiger partial charge in [0.15, 0.2) is 5.11 Å². The van der Waals surface area contributed by atoms with Crippen LogP contribution in [0.3, 0.4) is 0 Å². The maximum atomic E-state index is 6.39. The number of hydrogen-bond acceptors (Lipinski definition) is 3. The molecule has 1 N–H and O–H groups in total. The van der Waals surface area contributed by atoms with E-state index in [1.807, 2.05) is 54.7 Å². The lowest BCUT2D eigenvalue weighted by atomic mass is 9.96. The summed E-state index contributed by atoms with van der Waals surface area (Å²) in [5.74, 6) is 0.783. The molecule has 1 aliphatic rings. The van der Waals surface area contributed by atoms with Crippen molar-refractivity contribution in [2.45, 2.75) is 32.9 Å². The van der Waals surface area contributed by atoms with Crippen LogP contribution in [0, 0.1) is 20.8 Å². The van der Waals surface area contributed by atoms with E-state index in [0.717, 1.165) is 39.8 Å². The van der Waals surface area contributed by atoms with Crippen molar-refractivity contribution in [3.05, 3.63) is 106 Å². The van der Waals surface area contributed by atoms with Crippen LogP contribution in [0.1, 0.15) is 40.3 Å². The summed E-state index contributed by atoms with van der Waals surface area (Å²) in [5.41, 5.74) is 7.59. The summed E-state index contributed by atoms with van der Waals surface area (Å²) in [5, 5.41) is 4.92. The van der Waals surface area contributed by atoms with Crippen LogP contribution >= 0.6 is 23.8 Å². The summed E-state index contributed by atoms with van der Waals surface area (Å²) in [6.45, 7) is 6.39. The van der Waals surface area contributed by atoms with Gasteiger partial charge in [0.25, 0.3) is 0 Å². The minimum Gasteiger partial charge on any atom is -0.497 e. The Labute approximate surface area is 216 Å². The van der Waals surface area contributed by atoms with Crippen molar-refractivity contribution >= 4 is 34.6 Å². The Morgan fingerprint density at radius 3 is 2.57 bits per heavy atom. The molecule has 2 aromatic carbocycles. The number of halogens is 1. The molecule has 2 aromatic heterocycles. The van der Waals surface area contributed by atoms with E-state index in [-0.39, 0.29) is 12.1 Å². The smallest absolute Gasteiger partial charge is 0.174 e. The normalized spacial score (nSPS) is 17.5. The van der Waals surface area contributed by atoms with Gasteiger partial charge in [0.2, 0.25) is 0 Å². The van der Waals surface area contributed by atoms with Gasteiger partial charge in [-0.2, -0.15) is 0 Å². The minimum atomic E-state index is -0.121. The highest BCUT2D eigenvalue weighted by molar-refractivity contribution is 7.80. The first kappa shape index (κ1) is 23.4. The third kappa shape index (κ3) is 4.17. The molecule has 0 spiro atoms. The quantitative estimate of drug-likeness (QED) is 0.310. The highest BCUT2D eigenvalue weighted by atomic mass is 35.5. The van der Waals surface area contributed by atoms with Crippen LogP contribution in [0.5, 0.6) is 5.75 Å². The van der Waals surface area contributed by atoms with E-state index >= 15 is 0 Å². The molecule has 2 atom stereocenters. The van der Waals surface area contributed by atoms with Crippen molar-refractivity contribution in [2.75, 3.05) is 12.0 Å². The number of ether oxygens (including phenoxy) is 1. The molecule has 3 heterocycles. The number of nitrogens with zero attached hydrogens (tertiary/aromatic N) is 3. The summed E-state index contributed by atoms with van der Waals surface area (Å²) < 4.78 is 7.79. The molecule has 1 aliphatic heterocycles. The first-order valence-corrected chi connectivity index (χ1v) is 12.3. The Hall–Kier alpha value is -3.35. The number of benzene rings is 2. The van der Waals surface area contributed by atoms with Gasteiger partial charge < -0.3 is 19.5 Å². The highest BCUT2D eigenvalue weighted by Crippen LogP contribution is 2.44. The Balaban J connectivity index is 1.70. The monoisotopic (exact) mass is 502 g/mol. The maximum Gasteiger partial charge on any atom is 0.174 e. The Kier molecular flexibility index (Phi) is 6.26. The van der Waals surface area contributed by atoms with Crippen LogP contribution < -0.4 is 15.0 Å². The van der Waals surface area contributed by atoms with E-state index in [4.69, 9.17) is 28.6 Å². The summed E-state index contributed by atoms with van der Waals surface area (Å²) in [7, 11) is 1.68. The van der Waals surface area contributed by atoms with Gasteiger partial charge in [-0.15, -0.1) is 0 Å². The van der Waals surface area contributed by atoms with Gasteiger partial charge in [0.1, 0.15) is 5.75 Å². The number of hydrogen-bond donors (Lipinski definition) is 1. The van der Waals surface area contributed by atoms with Crippen molar-refractivity contribution in [1.82, 2.24) is 14.9 Å². The average Bonchev–Trinajstić information content (AvgIpc) is 3.36. The number of aryl methyl sites for hydroxylation is 2. The molecule has 0 aliphatic carbocycles. The van der Waals surface area contributed by atoms with E-state index in [2.05, 4.69) is 58.7 Å². The van der Waals surface area contributed by atoms with Crippen LogP contribution in [-0.4, -0.2) is 21.8 Å². The molecule has 0 amide bonds. The van der Waals surface area contributed by atoms with Gasteiger partial charge >= 0.3 is 0 Å². The second-order valence-electron chi connectivity index (χ2n) is 8.79. The summed E-state index contributed by atoms with van der Waals surface area (Å²) in [6, 6.07) is 22.0. The van der Waals surface area contributed by atoms with Crippen molar-refractivity contribution in [1.29, 1.82) is 0 Å². The van der Waals surface area contributed by atoms with E-state index < -0.39 is 0 Å². The summed E-state index contributed by atoms with van der Waals surface area (Å²) in [4.78, 5) is 6.85. The lowest BCUT2D eigenvalue weighted by Crippen LogP contribution is -2.29. The zero-order valence-electron chi connectivity index (χ0n) is 20.1. The van der Waals surface area contributed by atoms with E-state index in [0.29, 0.717) is 10.1 Å². The Morgan fingerprint density at radius 1 is 1.00 bits per heavy atom. The first-order chi connectivity index (χ1) is 16.9. The summed E-state index contributed by atoms with van der Waals surface area (Å²) in [6.07, 6.45) is 1.82. The van der Waals surface area contributed by atoms with Crippen molar-refractivity contribution in [3.63, 3.8) is 0 Å². The molecule has 5 nitrogen and oxygen atoms in total. The van der Waals surface area contributed by atoms with E-state index in [1.165, 1.54) is 5.56 Å². The average molecular weight is 503 g/mol. The summed E-state index contributed by atoms with van der Waals surface area (Å²) >= 11 is 12.3. The number of methoxy groups -OCH3 is 1. The lowest BCUT2D eigenvalue weighted by Gasteiger charge is -2.28. The van der Waals surface area contributed by atoms with Crippen LogP contribution in [-0.2, 0) is 0 Å². The predicted octanol–water partition coefficient (Wildman–Crippen LogP) is 6.64. The van der Waals surface area contributed by atoms with Crippen LogP contribution in [0.15, 0.2) is 72.9 Å². The molecule has 35 heavy (non-hydrogen) atoms. The van der Waals surface area contributed by atoms with Gasteiger partial charge in [0.05, 0.1) is 24.9 Å². The Bertz CT molecular complexity index is 1400. The zero-order valence-corrected chi connectivity index (χ0v) is 21.7. The molecule has 7 heteroatoms. The molecule has 1 fully saturated rings. The highest BCUT2D eigenvalue weighted by Gasteiger charge is 2.42. The molecule has 0 bridgehead atoms. The van der Waals surface area contributed by atoms with Gasteiger partial charge in [0, 0.05) is 40.0 Å². The van der Waals surface area contributed by atoms with Gasteiger partial charge in [-0.1, -0.05) is 29.8 Å². The van der Waals surface area contributed by atoms with Gasteiger partial charge in [-0.3, -0.25) is 4.98 Å². The second-order valence-corrected chi connectivity index (χ2v) is 9.61. The van der Waals surface area contributed by atoms with Crippen LogP contribution in [0.25, 0.3) is 5.69 Å². The maximum absolute atomic E-state index is 6.39. The molecule has 5 rings (SSSR count). The number of anilines is 1. The number of pyridine rings is 1. The molecule has 1 saturated heterocycles. The van der Waals surface area contributed by atoms with Crippen LogP contribution in [0.2, 0.25) is 5.02 Å². The van der Waals surface area contributed by atoms with Gasteiger partial charge in [-0.25, -0.2) is 0 Å². The van der Waals surface area contributed by atoms with Crippen molar-refractivity contribution in [3.8, 4) is 11.4 Å². The van der Waals surface area contributed by atoms with Crippen LogP contribution in [0.4, 0.5) is 5.69 Å². The number of nitrogens with one attached hydrogen (secondary N) is 1. The zero-order chi connectivity index (χ0) is 24.7. The van der Waals surface area contributed by atoms with E-state index in [9.17, 15) is 0 Å². The molecule has 0 unspecified atom stereocenters. The number of thiocarbonyl (C=S) groups is 1. The standard InChI is InChI=1S/C28H27ClN4OS/c1-17-11-12-20(29)15-25(17)32-18(2)14-23(19(32)3)27-26(24-10-5-6-13-30-24)31-28(35)33(27)21-8-7-9-22(16-21)34-4/h5-16,26-27H,1-4H3,(H,31,35)/t26-,27-/m1/s1. The topological polar surface area (TPSA) is 42.3 Å². The molecule has 4 aromatic rings. The number of rotatable bonds is 5. The van der Waals surface area contributed by atoms with Crippen molar-refractivity contribution < 1.29 is 4.74 Å². The SMILES string of the molecule is COc1cccc(N2C(=S)N[C@H](c3ccccn3)[C@H]2c2cc(C)n(-c3cc(Cl)ccc3C)c2C)c1. The van der Waals surface area contributed by atoms with Gasteiger partial charge in [-0.05, 0) is 86.6 Å². The molecular weight excluding hydrogens is 476 g/mol. The predicted molar refractivity (Wildman–Crippen MR) is 146 cm³/mol. The molecule has 0 saturated carbocycles. The number of aromatic nitrogens is 2. The molecular formula is C28H27ClN4OS. The first-order valence-electron chi connectivity index (χ1n) is 11.5. The second kappa shape index (κ2) is 9.36. The fourth-order valence-corrected chi connectivity index (χ4v) is 5.50. The minimum absolute atomic E-state index is 0.107. The molecule has 178 valence electrons. The third-order valence-electron chi connectivity index (χ3n) is 6.63. The fraction of sp³-hybridized carbons (Fsp3) is 0.214. The van der Waals surface area contributed by atoms with E-state index in [1.54, 1.807) is 7.11 Å². The lowest BCUT2D eigenvalue weighted by molar-refractivity contribution is 0.415. The largest absolute Gasteiger partial charge is 0.497 e. The fourth-order valence-electron chi connectivity index (χ4n) is 4.99. The van der Waals surface area contributed by atoms with Crippen molar-refractivity contribution in [2.24, 2.45) is 0 Å².